The molecule has 0 radical (unpaired) electrons. The number of aromatic nitrogens is 2. The molecule has 3 heterocycles. The number of anilines is 1. The molecule has 1 aromatic heterocycles. The van der Waals surface area contributed by atoms with E-state index in [1.54, 1.807) is 6.07 Å². The molecule has 1 saturated heterocycles. The maximum absolute atomic E-state index is 13.6. The lowest BCUT2D eigenvalue weighted by molar-refractivity contribution is -0.173. The summed E-state index contributed by atoms with van der Waals surface area (Å²) in [5.41, 5.74) is 0.680. The quantitative estimate of drug-likeness (QED) is 0.771. The number of likely N-dealkylation sites (tertiary alicyclic amines) is 1. The lowest BCUT2D eigenvalue weighted by atomic mass is 9.87. The maximum Gasteiger partial charge on any atom is 0.410 e. The first-order valence-corrected chi connectivity index (χ1v) is 11.1. The molecule has 1 amide bonds. The van der Waals surface area contributed by atoms with Gasteiger partial charge in [-0.05, 0) is 38.5 Å². The minimum absolute atomic E-state index is 0.00477. The van der Waals surface area contributed by atoms with Gasteiger partial charge in [-0.1, -0.05) is 26.2 Å². The van der Waals surface area contributed by atoms with Crippen molar-refractivity contribution in [2.24, 2.45) is 5.92 Å². The van der Waals surface area contributed by atoms with Gasteiger partial charge >= 0.3 is 6.18 Å². The van der Waals surface area contributed by atoms with Crippen molar-refractivity contribution < 1.29 is 18.0 Å². The molecule has 162 valence electrons. The average molecular weight is 413 g/mol. The van der Waals surface area contributed by atoms with Gasteiger partial charge in [-0.2, -0.15) is 18.3 Å². The summed E-state index contributed by atoms with van der Waals surface area (Å²) in [7, 11) is 0. The van der Waals surface area contributed by atoms with Gasteiger partial charge in [0.05, 0.1) is 5.69 Å². The summed E-state index contributed by atoms with van der Waals surface area (Å²) in [6.45, 7) is 3.22. The van der Waals surface area contributed by atoms with E-state index in [-0.39, 0.29) is 30.2 Å². The maximum atomic E-state index is 13.6. The predicted octanol–water partition coefficient (Wildman–Crippen LogP) is 4.87. The molecular weight excluding hydrogens is 381 g/mol. The lowest BCUT2D eigenvalue weighted by Crippen LogP contribution is -2.43. The van der Waals surface area contributed by atoms with Gasteiger partial charge in [-0.3, -0.25) is 4.79 Å². The first-order chi connectivity index (χ1) is 13.9. The Morgan fingerprint density at radius 2 is 1.97 bits per heavy atom. The van der Waals surface area contributed by atoms with Gasteiger partial charge in [0.15, 0.2) is 6.04 Å². The third kappa shape index (κ3) is 4.26. The van der Waals surface area contributed by atoms with Gasteiger partial charge in [0.1, 0.15) is 5.82 Å². The summed E-state index contributed by atoms with van der Waals surface area (Å²) < 4.78 is 42.0. The highest BCUT2D eigenvalue weighted by Gasteiger charge is 2.46. The molecule has 2 fully saturated rings. The lowest BCUT2D eigenvalue weighted by Gasteiger charge is -2.35. The average Bonchev–Trinajstić information content (AvgIpc) is 3.16. The summed E-state index contributed by atoms with van der Waals surface area (Å²) >= 11 is 0. The highest BCUT2D eigenvalue weighted by molar-refractivity contribution is 5.79. The Hall–Kier alpha value is -1.73. The van der Waals surface area contributed by atoms with Crippen molar-refractivity contribution in [3.05, 3.63) is 11.8 Å². The Labute approximate surface area is 170 Å². The van der Waals surface area contributed by atoms with Crippen molar-refractivity contribution in [3.63, 3.8) is 0 Å². The van der Waals surface area contributed by atoms with Crippen molar-refractivity contribution in [2.75, 3.05) is 18.4 Å². The number of alkyl halides is 3. The molecular formula is C21H31F3N4O. The Morgan fingerprint density at radius 1 is 1.21 bits per heavy atom. The number of nitrogens with zero attached hydrogens (tertiary/aromatic N) is 3. The first kappa shape index (κ1) is 20.5. The Morgan fingerprint density at radius 3 is 2.66 bits per heavy atom. The summed E-state index contributed by atoms with van der Waals surface area (Å²) in [6.07, 6.45) is 3.43. The van der Waals surface area contributed by atoms with E-state index in [4.69, 9.17) is 0 Å². The van der Waals surface area contributed by atoms with E-state index in [1.807, 2.05) is 11.8 Å². The van der Waals surface area contributed by atoms with Gasteiger partial charge in [0, 0.05) is 37.0 Å². The van der Waals surface area contributed by atoms with Crippen LogP contribution in [0, 0.1) is 5.92 Å². The monoisotopic (exact) mass is 412 g/mol. The van der Waals surface area contributed by atoms with Crippen LogP contribution in [0.4, 0.5) is 19.0 Å². The third-order valence-electron chi connectivity index (χ3n) is 6.89. The SMILES string of the molecule is CC[C@@H]1C[C@H](C(F)(F)F)n2nc([C@H]3CCCN(C(=O)C4CCCCC4)C3)cc2N1. The largest absolute Gasteiger partial charge is 0.410 e. The third-order valence-corrected chi connectivity index (χ3v) is 6.89. The van der Waals surface area contributed by atoms with Crippen LogP contribution in [0.1, 0.15) is 82.4 Å². The van der Waals surface area contributed by atoms with Crippen LogP contribution in [-0.4, -0.2) is 45.9 Å². The van der Waals surface area contributed by atoms with Gasteiger partial charge in [-0.25, -0.2) is 4.68 Å². The smallest absolute Gasteiger partial charge is 0.367 e. The molecule has 4 rings (SSSR count). The minimum Gasteiger partial charge on any atom is -0.367 e. The van der Waals surface area contributed by atoms with Gasteiger partial charge in [-0.15, -0.1) is 0 Å². The van der Waals surface area contributed by atoms with E-state index in [0.29, 0.717) is 24.5 Å². The Bertz CT molecular complexity index is 726. The predicted molar refractivity (Wildman–Crippen MR) is 105 cm³/mol. The van der Waals surface area contributed by atoms with Crippen LogP contribution in [0.5, 0.6) is 0 Å². The number of rotatable bonds is 3. The Balaban J connectivity index is 1.51. The van der Waals surface area contributed by atoms with Crippen molar-refractivity contribution in [1.29, 1.82) is 0 Å². The van der Waals surface area contributed by atoms with Crippen LogP contribution >= 0.6 is 0 Å². The first-order valence-electron chi connectivity index (χ1n) is 11.1. The molecule has 1 N–H and O–H groups in total. The van der Waals surface area contributed by atoms with Gasteiger partial charge in [0.25, 0.3) is 0 Å². The van der Waals surface area contributed by atoms with E-state index in [9.17, 15) is 18.0 Å². The number of halogens is 3. The standard InChI is InChI=1S/C21H31F3N4O/c1-2-16-11-18(21(22,23)24)28-19(25-16)12-17(26-28)15-9-6-10-27(13-15)20(29)14-7-4-3-5-8-14/h12,14-16,18,25H,2-11,13H2,1H3/t15-,16+,18+/m0/s1. The van der Waals surface area contributed by atoms with Crippen LogP contribution in [0.15, 0.2) is 6.07 Å². The highest BCUT2D eigenvalue weighted by atomic mass is 19.4. The van der Waals surface area contributed by atoms with Gasteiger partial charge in [0.2, 0.25) is 5.91 Å². The molecule has 0 unspecified atom stereocenters. The molecule has 29 heavy (non-hydrogen) atoms. The summed E-state index contributed by atoms with van der Waals surface area (Å²) in [5, 5.41) is 7.61. The van der Waals surface area contributed by atoms with Crippen molar-refractivity contribution >= 4 is 11.7 Å². The number of fused-ring (bicyclic) bond motifs is 1. The molecule has 0 spiro atoms. The normalized spacial score (nSPS) is 28.7. The number of carbonyl (C=O) groups excluding carboxylic acids is 1. The second kappa shape index (κ2) is 8.19. The second-order valence-electron chi connectivity index (χ2n) is 8.90. The topological polar surface area (TPSA) is 50.2 Å². The fraction of sp³-hybridized carbons (Fsp3) is 0.810. The van der Waals surface area contributed by atoms with Crippen molar-refractivity contribution in [1.82, 2.24) is 14.7 Å². The van der Waals surface area contributed by atoms with Crippen molar-refractivity contribution in [2.45, 2.75) is 88.9 Å². The van der Waals surface area contributed by atoms with E-state index < -0.39 is 12.2 Å². The zero-order valence-corrected chi connectivity index (χ0v) is 17.0. The number of amides is 1. The second-order valence-corrected chi connectivity index (χ2v) is 8.90. The van der Waals surface area contributed by atoms with Crippen LogP contribution in [0.2, 0.25) is 0 Å². The molecule has 3 atom stereocenters. The Kier molecular flexibility index (Phi) is 5.80. The molecule has 0 bridgehead atoms. The minimum atomic E-state index is -4.32. The number of nitrogens with one attached hydrogen (secondary N) is 1. The molecule has 1 aliphatic carbocycles. The van der Waals surface area contributed by atoms with Crippen LogP contribution in [0.3, 0.4) is 0 Å². The molecule has 2 aliphatic heterocycles. The zero-order valence-electron chi connectivity index (χ0n) is 17.0. The molecule has 1 saturated carbocycles. The zero-order chi connectivity index (χ0) is 20.6. The fourth-order valence-electron chi connectivity index (χ4n) is 5.16. The molecule has 0 aromatic carbocycles. The van der Waals surface area contributed by atoms with E-state index >= 15 is 0 Å². The van der Waals surface area contributed by atoms with Crippen LogP contribution < -0.4 is 5.32 Å². The molecule has 1 aromatic rings. The summed E-state index contributed by atoms with van der Waals surface area (Å²) in [6, 6.07) is -0.00442. The molecule has 8 heteroatoms. The summed E-state index contributed by atoms with van der Waals surface area (Å²) in [5.74, 6) is 0.816. The number of hydrogen-bond acceptors (Lipinski definition) is 3. The molecule has 5 nitrogen and oxygen atoms in total. The van der Waals surface area contributed by atoms with E-state index in [1.165, 1.54) is 6.42 Å². The fourth-order valence-corrected chi connectivity index (χ4v) is 5.16. The van der Waals surface area contributed by atoms with E-state index in [2.05, 4.69) is 10.4 Å². The summed E-state index contributed by atoms with van der Waals surface area (Å²) in [4.78, 5) is 14.9. The van der Waals surface area contributed by atoms with Gasteiger partial charge < -0.3 is 10.2 Å². The van der Waals surface area contributed by atoms with Crippen LogP contribution in [-0.2, 0) is 4.79 Å². The van der Waals surface area contributed by atoms with Crippen molar-refractivity contribution in [3.8, 4) is 0 Å². The number of carbonyl (C=O) groups is 1. The molecule has 3 aliphatic rings. The number of hydrogen-bond donors (Lipinski definition) is 1. The highest BCUT2D eigenvalue weighted by Crippen LogP contribution is 2.41. The number of piperidine rings is 1. The van der Waals surface area contributed by atoms with Crippen LogP contribution in [0.25, 0.3) is 0 Å². The van der Waals surface area contributed by atoms with E-state index in [0.717, 1.165) is 49.8 Å².